The normalized spacial score (nSPS) is 16.7. The molecule has 2 aromatic rings. The highest BCUT2D eigenvalue weighted by Crippen LogP contribution is 2.30. The predicted octanol–water partition coefficient (Wildman–Crippen LogP) is 4.57. The van der Waals surface area contributed by atoms with E-state index in [0.29, 0.717) is 34.4 Å². The van der Waals surface area contributed by atoms with Gasteiger partial charge >= 0.3 is 6.03 Å². The van der Waals surface area contributed by atoms with Crippen molar-refractivity contribution in [1.82, 2.24) is 4.90 Å². The van der Waals surface area contributed by atoms with Gasteiger partial charge in [0.05, 0.1) is 10.7 Å². The minimum Gasteiger partial charge on any atom is -0.315 e. The van der Waals surface area contributed by atoms with Crippen LogP contribution in [-0.4, -0.2) is 36.5 Å². The summed E-state index contributed by atoms with van der Waals surface area (Å²) in [5, 5.41) is 3.87. The molecule has 1 N–H and O–H groups in total. The number of rotatable bonds is 3. The van der Waals surface area contributed by atoms with Crippen LogP contribution < -0.4 is 10.2 Å². The zero-order valence-electron chi connectivity index (χ0n) is 14.5. The topological polar surface area (TPSA) is 52.7 Å². The fraction of sp³-hybridized carbons (Fsp3) is 0.263. The number of nitrogens with one attached hydrogen (secondary N) is 1. The summed E-state index contributed by atoms with van der Waals surface area (Å²) in [5.74, 6) is -0.141. The largest absolute Gasteiger partial charge is 0.322 e. The van der Waals surface area contributed by atoms with Gasteiger partial charge in [-0.3, -0.25) is 4.79 Å². The van der Waals surface area contributed by atoms with Gasteiger partial charge in [0.1, 0.15) is 6.04 Å². The van der Waals surface area contributed by atoms with Gasteiger partial charge in [-0.25, -0.2) is 4.79 Å². The molecule has 1 heterocycles. The first-order valence-electron chi connectivity index (χ1n) is 8.24. The molecule has 1 aliphatic rings. The maximum atomic E-state index is 12.8. The molecule has 26 heavy (non-hydrogen) atoms. The molecule has 1 saturated heterocycles. The Morgan fingerprint density at radius 3 is 2.62 bits per heavy atom. The molecule has 0 spiro atoms. The summed E-state index contributed by atoms with van der Waals surface area (Å²) < 4.78 is 0. The third-order valence-electron chi connectivity index (χ3n) is 4.53. The fourth-order valence-electron chi connectivity index (χ4n) is 2.96. The lowest BCUT2D eigenvalue weighted by Gasteiger charge is -2.24. The third kappa shape index (κ3) is 3.64. The molecule has 0 aromatic heterocycles. The quantitative estimate of drug-likeness (QED) is 0.832. The van der Waals surface area contributed by atoms with Crippen molar-refractivity contribution in [3.8, 4) is 0 Å². The summed E-state index contributed by atoms with van der Waals surface area (Å²) in [6.07, 6.45) is 0.544. The second kappa shape index (κ2) is 7.56. The number of amides is 3. The number of urea groups is 1. The zero-order chi connectivity index (χ0) is 18.8. The number of hydrogen-bond acceptors (Lipinski definition) is 2. The van der Waals surface area contributed by atoms with Crippen LogP contribution in [0, 0.1) is 6.92 Å². The number of benzene rings is 2. The van der Waals surface area contributed by atoms with Crippen LogP contribution in [0.4, 0.5) is 16.2 Å². The first kappa shape index (κ1) is 18.5. The molecule has 0 unspecified atom stereocenters. The van der Waals surface area contributed by atoms with Crippen LogP contribution in [0.2, 0.25) is 10.0 Å². The van der Waals surface area contributed by atoms with Crippen molar-refractivity contribution in [2.45, 2.75) is 19.4 Å². The monoisotopic (exact) mass is 391 g/mol. The number of likely N-dealkylation sites (N-methyl/N-ethyl adjacent to an activating group) is 1. The third-order valence-corrected chi connectivity index (χ3v) is 5.26. The maximum Gasteiger partial charge on any atom is 0.322 e. The molecule has 1 atom stereocenters. The van der Waals surface area contributed by atoms with Crippen molar-refractivity contribution in [2.24, 2.45) is 0 Å². The van der Waals surface area contributed by atoms with Crippen molar-refractivity contribution in [3.63, 3.8) is 0 Å². The highest BCUT2D eigenvalue weighted by Gasteiger charge is 2.37. The zero-order valence-corrected chi connectivity index (χ0v) is 16.0. The molecule has 5 nitrogen and oxygen atoms in total. The molecule has 7 heteroatoms. The fourth-order valence-corrected chi connectivity index (χ4v) is 3.38. The SMILES string of the molecule is Cc1ccc(NC(=O)N(C)[C@@H]2CCN(c3ccccc3Cl)C2=O)cc1Cl. The Hall–Kier alpha value is -2.24. The first-order chi connectivity index (χ1) is 12.4. The van der Waals surface area contributed by atoms with Gasteiger partial charge in [0.25, 0.3) is 0 Å². The van der Waals surface area contributed by atoms with E-state index in [1.165, 1.54) is 4.90 Å². The van der Waals surface area contributed by atoms with Gasteiger partial charge in [0, 0.05) is 24.3 Å². The van der Waals surface area contributed by atoms with Crippen molar-refractivity contribution in [3.05, 3.63) is 58.1 Å². The second-order valence-corrected chi connectivity index (χ2v) is 7.07. The number of halogens is 2. The van der Waals surface area contributed by atoms with Gasteiger partial charge in [0.15, 0.2) is 0 Å². The Kier molecular flexibility index (Phi) is 5.39. The summed E-state index contributed by atoms with van der Waals surface area (Å²) in [5.41, 5.74) is 2.19. The second-order valence-electron chi connectivity index (χ2n) is 6.25. The van der Waals surface area contributed by atoms with E-state index in [1.807, 2.05) is 25.1 Å². The van der Waals surface area contributed by atoms with Crippen LogP contribution >= 0.6 is 23.2 Å². The average molecular weight is 392 g/mol. The van der Waals surface area contributed by atoms with E-state index in [9.17, 15) is 9.59 Å². The Morgan fingerprint density at radius 2 is 1.92 bits per heavy atom. The molecule has 136 valence electrons. The number of para-hydroxylation sites is 1. The van der Waals surface area contributed by atoms with Crippen LogP contribution in [0.25, 0.3) is 0 Å². The molecule has 1 aliphatic heterocycles. The van der Waals surface area contributed by atoms with Gasteiger partial charge in [-0.15, -0.1) is 0 Å². The predicted molar refractivity (Wildman–Crippen MR) is 105 cm³/mol. The molecule has 2 aromatic carbocycles. The molecular formula is C19H19Cl2N3O2. The standard InChI is InChI=1S/C19H19Cl2N3O2/c1-12-7-8-13(11-15(12)21)22-19(26)23(2)17-9-10-24(18(17)25)16-6-4-3-5-14(16)20/h3-8,11,17H,9-10H2,1-2H3,(H,22,26)/t17-/m1/s1. The van der Waals surface area contributed by atoms with E-state index in [4.69, 9.17) is 23.2 Å². The van der Waals surface area contributed by atoms with Gasteiger partial charge in [-0.2, -0.15) is 0 Å². The van der Waals surface area contributed by atoms with E-state index in [1.54, 1.807) is 36.2 Å². The van der Waals surface area contributed by atoms with Crippen molar-refractivity contribution in [2.75, 3.05) is 23.8 Å². The lowest BCUT2D eigenvalue weighted by atomic mass is 10.2. The van der Waals surface area contributed by atoms with Crippen LogP contribution in [0.15, 0.2) is 42.5 Å². The molecule has 3 rings (SSSR count). The van der Waals surface area contributed by atoms with Gasteiger partial charge in [-0.05, 0) is 43.2 Å². The number of hydrogen-bond donors (Lipinski definition) is 1. The number of anilines is 2. The Labute approximate surface area is 162 Å². The first-order valence-corrected chi connectivity index (χ1v) is 9.00. The summed E-state index contributed by atoms with van der Waals surface area (Å²) in [4.78, 5) is 28.4. The molecule has 0 bridgehead atoms. The van der Waals surface area contributed by atoms with Crippen molar-refractivity contribution < 1.29 is 9.59 Å². The lowest BCUT2D eigenvalue weighted by Crippen LogP contribution is -2.44. The Balaban J connectivity index is 1.70. The Morgan fingerprint density at radius 1 is 1.19 bits per heavy atom. The molecule has 0 aliphatic carbocycles. The summed E-state index contributed by atoms with van der Waals surface area (Å²) in [7, 11) is 1.61. The van der Waals surface area contributed by atoms with Crippen molar-refractivity contribution in [1.29, 1.82) is 0 Å². The smallest absolute Gasteiger partial charge is 0.315 e. The highest BCUT2D eigenvalue weighted by atomic mass is 35.5. The molecule has 3 amide bonds. The molecule has 1 fully saturated rings. The van der Waals surface area contributed by atoms with E-state index in [0.717, 1.165) is 5.56 Å². The van der Waals surface area contributed by atoms with Crippen molar-refractivity contribution >= 4 is 46.5 Å². The number of carbonyl (C=O) groups excluding carboxylic acids is 2. The van der Waals surface area contributed by atoms with E-state index in [-0.39, 0.29) is 11.9 Å². The van der Waals surface area contributed by atoms with Gasteiger partial charge < -0.3 is 15.1 Å². The lowest BCUT2D eigenvalue weighted by molar-refractivity contribution is -0.120. The summed E-state index contributed by atoms with van der Waals surface area (Å²) in [6, 6.07) is 11.6. The summed E-state index contributed by atoms with van der Waals surface area (Å²) in [6.45, 7) is 2.40. The van der Waals surface area contributed by atoms with Gasteiger partial charge in [0.2, 0.25) is 5.91 Å². The van der Waals surface area contributed by atoms with Crippen LogP contribution in [-0.2, 0) is 4.79 Å². The summed E-state index contributed by atoms with van der Waals surface area (Å²) >= 11 is 12.3. The van der Waals surface area contributed by atoms with Crippen LogP contribution in [0.3, 0.4) is 0 Å². The maximum absolute atomic E-state index is 12.8. The number of carbonyl (C=O) groups is 2. The van der Waals surface area contributed by atoms with Crippen LogP contribution in [0.5, 0.6) is 0 Å². The minimum atomic E-state index is -0.535. The van der Waals surface area contributed by atoms with E-state index < -0.39 is 6.04 Å². The molecule has 0 radical (unpaired) electrons. The van der Waals surface area contributed by atoms with E-state index in [2.05, 4.69) is 5.32 Å². The Bertz CT molecular complexity index is 856. The minimum absolute atomic E-state index is 0.141. The molecular weight excluding hydrogens is 373 g/mol. The van der Waals surface area contributed by atoms with E-state index >= 15 is 0 Å². The van der Waals surface area contributed by atoms with Gasteiger partial charge in [-0.1, -0.05) is 41.4 Å². The van der Waals surface area contributed by atoms with Crippen LogP contribution in [0.1, 0.15) is 12.0 Å². The average Bonchev–Trinajstić information content (AvgIpc) is 2.99. The molecule has 0 saturated carbocycles. The number of aryl methyl sites for hydroxylation is 1. The number of nitrogens with zero attached hydrogens (tertiary/aromatic N) is 2. The highest BCUT2D eigenvalue weighted by molar-refractivity contribution is 6.34.